The molecule has 0 saturated heterocycles. The van der Waals surface area contributed by atoms with Crippen LogP contribution in [-0.4, -0.2) is 45.0 Å². The number of benzene rings is 1. The minimum atomic E-state index is -0.00533. The van der Waals surface area contributed by atoms with E-state index in [1.165, 1.54) is 0 Å². The molecule has 1 aromatic carbocycles. The van der Waals surface area contributed by atoms with Gasteiger partial charge in [-0.15, -0.1) is 24.0 Å². The number of rotatable bonds is 11. The van der Waals surface area contributed by atoms with Gasteiger partial charge in [0.05, 0.1) is 20.3 Å². The van der Waals surface area contributed by atoms with E-state index in [2.05, 4.69) is 31.4 Å². The number of nitrogens with one attached hydrogen (secondary N) is 2. The lowest BCUT2D eigenvalue weighted by Crippen LogP contribution is -2.39. The lowest BCUT2D eigenvalue weighted by atomic mass is 9.94. The quantitative estimate of drug-likeness (QED) is 0.240. The van der Waals surface area contributed by atoms with E-state index in [4.69, 9.17) is 14.5 Å². The zero-order valence-electron chi connectivity index (χ0n) is 18.1. The molecule has 7 heteroatoms. The van der Waals surface area contributed by atoms with Gasteiger partial charge in [-0.1, -0.05) is 13.8 Å². The third-order valence-corrected chi connectivity index (χ3v) is 4.45. The zero-order chi connectivity index (χ0) is 20.2. The summed E-state index contributed by atoms with van der Waals surface area (Å²) >= 11 is 0. The number of aliphatic imine (C=N–C) groups is 1. The largest absolute Gasteiger partial charge is 0.497 e. The highest BCUT2D eigenvalue weighted by Gasteiger charge is 2.15. The normalized spacial score (nSPS) is 13.5. The molecule has 0 saturated carbocycles. The molecule has 0 aliphatic carbocycles. The molecule has 0 aliphatic rings. The van der Waals surface area contributed by atoms with Crippen molar-refractivity contribution in [3.8, 4) is 11.5 Å². The maximum Gasteiger partial charge on any atom is 0.191 e. The summed E-state index contributed by atoms with van der Waals surface area (Å²) in [7, 11) is 3.33. The highest BCUT2D eigenvalue weighted by Crippen LogP contribution is 2.29. The predicted molar refractivity (Wildman–Crippen MR) is 127 cm³/mol. The fraction of sp³-hybridized carbons (Fsp3) is 0.667. The van der Waals surface area contributed by atoms with Crippen molar-refractivity contribution in [3.63, 3.8) is 0 Å². The number of aliphatic hydroxyl groups is 1. The molecule has 0 radical (unpaired) electrons. The lowest BCUT2D eigenvalue weighted by molar-refractivity contribution is 0.245. The van der Waals surface area contributed by atoms with Crippen LogP contribution < -0.4 is 20.1 Å². The molecule has 1 aromatic rings. The first-order valence-corrected chi connectivity index (χ1v) is 9.82. The van der Waals surface area contributed by atoms with Crippen LogP contribution in [0.15, 0.2) is 23.2 Å². The molecule has 3 N–H and O–H groups in total. The van der Waals surface area contributed by atoms with Gasteiger partial charge in [0.2, 0.25) is 0 Å². The fourth-order valence-corrected chi connectivity index (χ4v) is 3.13. The van der Waals surface area contributed by atoms with Gasteiger partial charge in [0, 0.05) is 25.3 Å². The van der Waals surface area contributed by atoms with Gasteiger partial charge in [-0.05, 0) is 56.7 Å². The number of aliphatic hydroxyl groups excluding tert-OH is 1. The van der Waals surface area contributed by atoms with Crippen molar-refractivity contribution >= 4 is 29.9 Å². The van der Waals surface area contributed by atoms with Crippen LogP contribution in [0, 0.1) is 11.8 Å². The summed E-state index contributed by atoms with van der Waals surface area (Å²) < 4.78 is 10.8. The van der Waals surface area contributed by atoms with Crippen LogP contribution in [0.3, 0.4) is 0 Å². The van der Waals surface area contributed by atoms with Crippen LogP contribution in [-0.2, 0) is 0 Å². The number of methoxy groups -OCH3 is 2. The van der Waals surface area contributed by atoms with Crippen molar-refractivity contribution in [1.29, 1.82) is 0 Å². The fourth-order valence-electron chi connectivity index (χ4n) is 3.13. The summed E-state index contributed by atoms with van der Waals surface area (Å²) in [5.74, 6) is 3.34. The maximum atomic E-state index is 9.31. The molecule has 0 spiro atoms. The van der Waals surface area contributed by atoms with E-state index in [1.54, 1.807) is 14.2 Å². The van der Waals surface area contributed by atoms with Gasteiger partial charge in [-0.25, -0.2) is 0 Å². The van der Waals surface area contributed by atoms with Crippen LogP contribution >= 0.6 is 24.0 Å². The Kier molecular flexibility index (Phi) is 14.1. The summed E-state index contributed by atoms with van der Waals surface area (Å²) in [6.07, 6.45) is 1.84. The SMILES string of the molecule is CCNC(=NCC(CCO)CC(C)C)NC(C)c1cc(OC)ccc1OC.I. The second-order valence-electron chi connectivity index (χ2n) is 7.20. The highest BCUT2D eigenvalue weighted by atomic mass is 127. The van der Waals surface area contributed by atoms with Gasteiger partial charge in [0.15, 0.2) is 5.96 Å². The second kappa shape index (κ2) is 14.7. The minimum absolute atomic E-state index is 0. The Balaban J connectivity index is 0.00000729. The van der Waals surface area contributed by atoms with Crippen LogP contribution in [0.5, 0.6) is 11.5 Å². The van der Waals surface area contributed by atoms with Crippen molar-refractivity contribution in [2.45, 2.75) is 46.6 Å². The van der Waals surface area contributed by atoms with Crippen LogP contribution in [0.1, 0.15) is 52.1 Å². The first-order valence-electron chi connectivity index (χ1n) is 9.82. The van der Waals surface area contributed by atoms with Crippen molar-refractivity contribution in [2.24, 2.45) is 16.8 Å². The third kappa shape index (κ3) is 9.32. The Morgan fingerprint density at radius 2 is 1.89 bits per heavy atom. The van der Waals surface area contributed by atoms with E-state index in [9.17, 15) is 5.11 Å². The molecule has 0 bridgehead atoms. The van der Waals surface area contributed by atoms with E-state index in [0.717, 1.165) is 42.4 Å². The number of nitrogens with zero attached hydrogens (tertiary/aromatic N) is 1. The summed E-state index contributed by atoms with van der Waals surface area (Å²) in [5.41, 5.74) is 1.01. The molecule has 0 amide bonds. The molecule has 162 valence electrons. The van der Waals surface area contributed by atoms with E-state index in [-0.39, 0.29) is 36.6 Å². The molecule has 0 heterocycles. The molecule has 0 aliphatic heterocycles. The smallest absolute Gasteiger partial charge is 0.191 e. The summed E-state index contributed by atoms with van der Waals surface area (Å²) in [4.78, 5) is 4.76. The van der Waals surface area contributed by atoms with Crippen LogP contribution in [0.2, 0.25) is 0 Å². The Labute approximate surface area is 187 Å². The van der Waals surface area contributed by atoms with E-state index < -0.39 is 0 Å². The van der Waals surface area contributed by atoms with Crippen LogP contribution in [0.25, 0.3) is 0 Å². The van der Waals surface area contributed by atoms with Crippen molar-refractivity contribution in [3.05, 3.63) is 23.8 Å². The van der Waals surface area contributed by atoms with E-state index in [1.807, 2.05) is 25.1 Å². The standard InChI is InChI=1S/C21H37N3O3.HI/c1-7-22-21(23-14-17(10-11-25)12-15(2)3)24-16(4)19-13-18(26-5)8-9-20(19)27-6;/h8-9,13,15-17,25H,7,10-12,14H2,1-6H3,(H2,22,23,24);1H. The molecule has 6 nitrogen and oxygen atoms in total. The predicted octanol–water partition coefficient (Wildman–Crippen LogP) is 3.98. The Bertz CT molecular complexity index is 582. The number of ether oxygens (including phenoxy) is 2. The molecule has 0 fully saturated rings. The maximum absolute atomic E-state index is 9.31. The van der Waals surface area contributed by atoms with E-state index in [0.29, 0.717) is 18.4 Å². The minimum Gasteiger partial charge on any atom is -0.497 e. The zero-order valence-corrected chi connectivity index (χ0v) is 20.4. The number of hydrogen-bond acceptors (Lipinski definition) is 4. The van der Waals surface area contributed by atoms with Gasteiger partial charge in [0.25, 0.3) is 0 Å². The Hall–Kier alpha value is -1.22. The van der Waals surface area contributed by atoms with E-state index >= 15 is 0 Å². The molecule has 1 rings (SSSR count). The lowest BCUT2D eigenvalue weighted by Gasteiger charge is -2.22. The topological polar surface area (TPSA) is 75.1 Å². The summed E-state index contributed by atoms with van der Waals surface area (Å²) in [6, 6.07) is 5.78. The first-order chi connectivity index (χ1) is 12.9. The van der Waals surface area contributed by atoms with Gasteiger partial charge < -0.3 is 25.2 Å². The van der Waals surface area contributed by atoms with Crippen molar-refractivity contribution in [2.75, 3.05) is 33.9 Å². The Morgan fingerprint density at radius 3 is 2.43 bits per heavy atom. The summed E-state index contributed by atoms with van der Waals surface area (Å²) in [6.45, 7) is 10.2. The van der Waals surface area contributed by atoms with Crippen molar-refractivity contribution < 1.29 is 14.6 Å². The average molecular weight is 507 g/mol. The van der Waals surface area contributed by atoms with Gasteiger partial charge in [-0.2, -0.15) is 0 Å². The third-order valence-electron chi connectivity index (χ3n) is 4.45. The van der Waals surface area contributed by atoms with Gasteiger partial charge >= 0.3 is 0 Å². The molecule has 2 atom stereocenters. The van der Waals surface area contributed by atoms with Gasteiger partial charge in [-0.3, -0.25) is 4.99 Å². The Morgan fingerprint density at radius 1 is 1.18 bits per heavy atom. The van der Waals surface area contributed by atoms with Crippen LogP contribution in [0.4, 0.5) is 0 Å². The highest BCUT2D eigenvalue weighted by molar-refractivity contribution is 14.0. The molecule has 2 unspecified atom stereocenters. The average Bonchev–Trinajstić information content (AvgIpc) is 2.65. The number of guanidine groups is 1. The monoisotopic (exact) mass is 507 g/mol. The first kappa shape index (κ1) is 26.8. The molecular weight excluding hydrogens is 469 g/mol. The second-order valence-corrected chi connectivity index (χ2v) is 7.20. The molecule has 28 heavy (non-hydrogen) atoms. The molecule has 0 aromatic heterocycles. The van der Waals surface area contributed by atoms with Crippen molar-refractivity contribution in [1.82, 2.24) is 10.6 Å². The number of halogens is 1. The summed E-state index contributed by atoms with van der Waals surface area (Å²) in [5, 5.41) is 16.1. The molecular formula is C21H38IN3O3. The van der Waals surface area contributed by atoms with Gasteiger partial charge in [0.1, 0.15) is 11.5 Å². The number of hydrogen-bond donors (Lipinski definition) is 3.